The summed E-state index contributed by atoms with van der Waals surface area (Å²) in [6.45, 7) is 11.8. The number of ether oxygens (including phenoxy) is 1. The number of hydrogen-bond donors (Lipinski definition) is 0. The largest absolute Gasteiger partial charge is 0.379 e. The molecule has 2 atom stereocenters. The third-order valence-corrected chi connectivity index (χ3v) is 5.44. The Balaban J connectivity index is 1.64. The lowest BCUT2D eigenvalue weighted by Crippen LogP contribution is -2.48. The zero-order chi connectivity index (χ0) is 17.2. The summed E-state index contributed by atoms with van der Waals surface area (Å²) in [5.74, 6) is 0.813. The van der Waals surface area contributed by atoms with Gasteiger partial charge < -0.3 is 9.64 Å². The van der Waals surface area contributed by atoms with E-state index >= 15 is 0 Å². The Morgan fingerprint density at radius 2 is 1.83 bits per heavy atom. The van der Waals surface area contributed by atoms with E-state index in [4.69, 9.17) is 4.74 Å². The SMILES string of the molecule is C[C@@H]1CN(C(=O)C(C)(C)Cc2ccccc2)C[C@@H]1N1CCOCC1. The second kappa shape index (κ2) is 7.24. The van der Waals surface area contributed by atoms with Crippen molar-refractivity contribution < 1.29 is 9.53 Å². The average Bonchev–Trinajstić information content (AvgIpc) is 2.97. The normalized spacial score (nSPS) is 25.9. The average molecular weight is 330 g/mol. The molecular formula is C20H30N2O2. The molecule has 1 amide bonds. The molecule has 2 aliphatic rings. The van der Waals surface area contributed by atoms with Crippen LogP contribution < -0.4 is 0 Å². The van der Waals surface area contributed by atoms with Crippen LogP contribution in [0.25, 0.3) is 0 Å². The van der Waals surface area contributed by atoms with Gasteiger partial charge in [-0.05, 0) is 17.9 Å². The fourth-order valence-corrected chi connectivity index (χ4v) is 4.11. The Hall–Kier alpha value is -1.39. The Bertz CT molecular complexity index is 552. The Morgan fingerprint density at radius 1 is 1.17 bits per heavy atom. The third-order valence-electron chi connectivity index (χ3n) is 5.44. The summed E-state index contributed by atoms with van der Waals surface area (Å²) in [4.78, 5) is 17.7. The van der Waals surface area contributed by atoms with E-state index in [1.54, 1.807) is 0 Å². The van der Waals surface area contributed by atoms with Crippen LogP contribution in [-0.4, -0.2) is 61.1 Å². The number of carbonyl (C=O) groups is 1. The topological polar surface area (TPSA) is 32.8 Å². The molecule has 24 heavy (non-hydrogen) atoms. The molecule has 0 N–H and O–H groups in total. The first-order valence-electron chi connectivity index (χ1n) is 9.12. The molecule has 2 saturated heterocycles. The molecule has 1 aromatic carbocycles. The highest BCUT2D eigenvalue weighted by Gasteiger charge is 2.41. The van der Waals surface area contributed by atoms with E-state index in [9.17, 15) is 4.79 Å². The van der Waals surface area contributed by atoms with Crippen LogP contribution in [0, 0.1) is 11.3 Å². The minimum Gasteiger partial charge on any atom is -0.379 e. The zero-order valence-corrected chi connectivity index (χ0v) is 15.2. The van der Waals surface area contributed by atoms with Crippen LogP contribution in [0.15, 0.2) is 30.3 Å². The van der Waals surface area contributed by atoms with Gasteiger partial charge in [-0.3, -0.25) is 9.69 Å². The first-order valence-corrected chi connectivity index (χ1v) is 9.12. The van der Waals surface area contributed by atoms with Crippen molar-refractivity contribution in [3.05, 3.63) is 35.9 Å². The monoisotopic (exact) mass is 330 g/mol. The lowest BCUT2D eigenvalue weighted by atomic mass is 9.84. The highest BCUT2D eigenvalue weighted by molar-refractivity contribution is 5.82. The van der Waals surface area contributed by atoms with Crippen LogP contribution in [0.4, 0.5) is 0 Å². The van der Waals surface area contributed by atoms with Crippen LogP contribution in [0.1, 0.15) is 26.3 Å². The summed E-state index contributed by atoms with van der Waals surface area (Å²) < 4.78 is 5.47. The first-order chi connectivity index (χ1) is 11.5. The molecule has 4 nitrogen and oxygen atoms in total. The predicted molar refractivity (Wildman–Crippen MR) is 95.9 cm³/mol. The van der Waals surface area contributed by atoms with Crippen molar-refractivity contribution in [3.63, 3.8) is 0 Å². The Kier molecular flexibility index (Phi) is 5.26. The van der Waals surface area contributed by atoms with Crippen molar-refractivity contribution >= 4 is 5.91 Å². The molecule has 132 valence electrons. The predicted octanol–water partition coefficient (Wildman–Crippen LogP) is 2.43. The highest BCUT2D eigenvalue weighted by atomic mass is 16.5. The van der Waals surface area contributed by atoms with E-state index in [1.165, 1.54) is 5.56 Å². The first kappa shape index (κ1) is 17.4. The highest BCUT2D eigenvalue weighted by Crippen LogP contribution is 2.30. The van der Waals surface area contributed by atoms with Gasteiger partial charge in [0.2, 0.25) is 5.91 Å². The molecule has 0 spiro atoms. The van der Waals surface area contributed by atoms with Gasteiger partial charge in [0.1, 0.15) is 0 Å². The summed E-state index contributed by atoms with van der Waals surface area (Å²) in [7, 11) is 0. The number of rotatable bonds is 4. The molecule has 2 fully saturated rings. The van der Waals surface area contributed by atoms with Gasteiger partial charge in [-0.1, -0.05) is 51.1 Å². The lowest BCUT2D eigenvalue weighted by Gasteiger charge is -2.34. The van der Waals surface area contributed by atoms with Crippen molar-refractivity contribution in [2.45, 2.75) is 33.2 Å². The van der Waals surface area contributed by atoms with E-state index in [0.717, 1.165) is 45.8 Å². The van der Waals surface area contributed by atoms with Crippen molar-refractivity contribution in [2.75, 3.05) is 39.4 Å². The van der Waals surface area contributed by atoms with Crippen LogP contribution in [-0.2, 0) is 16.0 Å². The van der Waals surface area contributed by atoms with Gasteiger partial charge in [-0.25, -0.2) is 0 Å². The van der Waals surface area contributed by atoms with Gasteiger partial charge in [-0.15, -0.1) is 0 Å². The summed E-state index contributed by atoms with van der Waals surface area (Å²) in [6, 6.07) is 10.8. The molecule has 0 aliphatic carbocycles. The Labute approximate surface area is 145 Å². The minimum absolute atomic E-state index is 0.286. The van der Waals surface area contributed by atoms with Gasteiger partial charge in [0.05, 0.1) is 13.2 Å². The van der Waals surface area contributed by atoms with Crippen LogP contribution >= 0.6 is 0 Å². The molecule has 1 aromatic rings. The summed E-state index contributed by atoms with van der Waals surface area (Å²) in [5, 5.41) is 0. The molecular weight excluding hydrogens is 300 g/mol. The number of amides is 1. The van der Waals surface area contributed by atoms with Crippen LogP contribution in [0.2, 0.25) is 0 Å². The standard InChI is InChI=1S/C20H30N2O2/c1-16-14-22(15-18(16)21-9-11-24-12-10-21)19(23)20(2,3)13-17-7-5-4-6-8-17/h4-8,16,18H,9-15H2,1-3H3/t16-,18+/m1/s1. The van der Waals surface area contributed by atoms with E-state index < -0.39 is 0 Å². The van der Waals surface area contributed by atoms with E-state index in [1.807, 2.05) is 18.2 Å². The van der Waals surface area contributed by atoms with Crippen molar-refractivity contribution in [1.29, 1.82) is 0 Å². The molecule has 0 radical (unpaired) electrons. The smallest absolute Gasteiger partial charge is 0.228 e. The molecule has 4 heteroatoms. The van der Waals surface area contributed by atoms with Crippen molar-refractivity contribution in [2.24, 2.45) is 11.3 Å². The molecule has 2 heterocycles. The van der Waals surface area contributed by atoms with E-state index in [-0.39, 0.29) is 11.3 Å². The maximum atomic E-state index is 13.1. The molecule has 0 bridgehead atoms. The van der Waals surface area contributed by atoms with Gasteiger partial charge in [0.15, 0.2) is 0 Å². The number of benzene rings is 1. The number of carbonyl (C=O) groups excluding carboxylic acids is 1. The van der Waals surface area contributed by atoms with Gasteiger partial charge in [0.25, 0.3) is 0 Å². The molecule has 0 saturated carbocycles. The van der Waals surface area contributed by atoms with E-state index in [0.29, 0.717) is 12.0 Å². The zero-order valence-electron chi connectivity index (χ0n) is 15.2. The second-order valence-corrected chi connectivity index (χ2v) is 7.95. The van der Waals surface area contributed by atoms with Crippen molar-refractivity contribution in [3.8, 4) is 0 Å². The lowest BCUT2D eigenvalue weighted by molar-refractivity contribution is -0.139. The van der Waals surface area contributed by atoms with Gasteiger partial charge in [0, 0.05) is 37.6 Å². The molecule has 2 aliphatic heterocycles. The van der Waals surface area contributed by atoms with Gasteiger partial charge in [-0.2, -0.15) is 0 Å². The fourth-order valence-electron chi connectivity index (χ4n) is 4.11. The maximum absolute atomic E-state index is 13.1. The van der Waals surface area contributed by atoms with E-state index in [2.05, 4.69) is 42.7 Å². The maximum Gasteiger partial charge on any atom is 0.228 e. The number of hydrogen-bond acceptors (Lipinski definition) is 3. The Morgan fingerprint density at radius 3 is 2.50 bits per heavy atom. The second-order valence-electron chi connectivity index (χ2n) is 7.95. The summed E-state index contributed by atoms with van der Waals surface area (Å²) in [6.07, 6.45) is 0.791. The minimum atomic E-state index is -0.360. The number of likely N-dealkylation sites (tertiary alicyclic amines) is 1. The summed E-state index contributed by atoms with van der Waals surface area (Å²) in [5.41, 5.74) is 0.869. The molecule has 0 unspecified atom stereocenters. The molecule has 3 rings (SSSR count). The number of nitrogens with zero attached hydrogens (tertiary/aromatic N) is 2. The number of morpholine rings is 1. The quantitative estimate of drug-likeness (QED) is 0.850. The fraction of sp³-hybridized carbons (Fsp3) is 0.650. The third kappa shape index (κ3) is 3.81. The van der Waals surface area contributed by atoms with Crippen molar-refractivity contribution in [1.82, 2.24) is 9.80 Å². The van der Waals surface area contributed by atoms with Gasteiger partial charge >= 0.3 is 0 Å². The van der Waals surface area contributed by atoms with Crippen LogP contribution in [0.5, 0.6) is 0 Å². The summed E-state index contributed by atoms with van der Waals surface area (Å²) >= 11 is 0. The van der Waals surface area contributed by atoms with Crippen LogP contribution in [0.3, 0.4) is 0 Å². The molecule has 0 aromatic heterocycles.